The van der Waals surface area contributed by atoms with Crippen LogP contribution in [0, 0.1) is 0 Å². The number of aliphatic hydroxyl groups is 1. The summed E-state index contributed by atoms with van der Waals surface area (Å²) >= 11 is 0. The van der Waals surface area contributed by atoms with Crippen LogP contribution < -0.4 is 15.1 Å². The Morgan fingerprint density at radius 2 is 1.40 bits per heavy atom. The van der Waals surface area contributed by atoms with Crippen LogP contribution >= 0.6 is 0 Å². The van der Waals surface area contributed by atoms with Crippen molar-refractivity contribution in [3.05, 3.63) is 90.5 Å². The molecule has 2 aliphatic heterocycles. The Morgan fingerprint density at radius 3 is 1.93 bits per heavy atom. The van der Waals surface area contributed by atoms with Crippen molar-refractivity contribution >= 4 is 38.9 Å². The van der Waals surface area contributed by atoms with Gasteiger partial charge in [-0.1, -0.05) is 102 Å². The Hall–Kier alpha value is -3.37. The van der Waals surface area contributed by atoms with Crippen molar-refractivity contribution in [3.63, 3.8) is 0 Å². The zero-order chi connectivity index (χ0) is 44.0. The van der Waals surface area contributed by atoms with Crippen molar-refractivity contribution in [2.24, 2.45) is 0 Å². The average molecular weight is 863 g/mol. The lowest BCUT2D eigenvalue weighted by Crippen LogP contribution is -2.66. The first kappa shape index (κ1) is 47.7. The standard InChI is InChI=1S/C48H70O10Si2/c1-35(49)55-40-31-39(27-29-54-60(46(5,6)7,42-18-14-12-15-19-42)43-20-16-13-17-21-43)57-48(33-40)34-47(8,51)32-41(58-48)30-38(26-28-53-59(10,11)45(2,3)4)56-44(50)36-22-24-37(52-9)25-23-36/h12-25,38-41,51H,26-34H2,1-11H3/t38-,39+,40+,41+,47+,48-/m1/s1. The number of methoxy groups -OCH3 is 1. The van der Waals surface area contributed by atoms with Gasteiger partial charge in [-0.2, -0.15) is 0 Å². The molecule has 1 N–H and O–H groups in total. The monoisotopic (exact) mass is 862 g/mol. The second kappa shape index (κ2) is 19.4. The second-order valence-corrected chi connectivity index (χ2v) is 28.7. The van der Waals surface area contributed by atoms with E-state index in [4.69, 9.17) is 32.5 Å². The fraction of sp³-hybridized carbons (Fsp3) is 0.583. The van der Waals surface area contributed by atoms with E-state index in [0.29, 0.717) is 56.6 Å². The number of rotatable bonds is 16. The third-order valence-electron chi connectivity index (χ3n) is 12.5. The van der Waals surface area contributed by atoms with E-state index < -0.39 is 58.4 Å². The first-order valence-electron chi connectivity index (χ1n) is 21.6. The van der Waals surface area contributed by atoms with Gasteiger partial charge in [0.25, 0.3) is 8.32 Å². The van der Waals surface area contributed by atoms with E-state index in [1.807, 2.05) is 12.1 Å². The molecule has 1 spiro atoms. The fourth-order valence-corrected chi connectivity index (χ4v) is 14.3. The molecule has 0 radical (unpaired) electrons. The highest BCUT2D eigenvalue weighted by Gasteiger charge is 2.54. The zero-order valence-electron chi connectivity index (χ0n) is 37.9. The molecule has 2 fully saturated rings. The van der Waals surface area contributed by atoms with Crippen molar-refractivity contribution in [2.45, 2.75) is 159 Å². The van der Waals surface area contributed by atoms with Crippen LogP contribution in [0.5, 0.6) is 5.75 Å². The van der Waals surface area contributed by atoms with Crippen LogP contribution in [-0.2, 0) is 32.6 Å². The number of carbonyl (C=O) groups is 2. The van der Waals surface area contributed by atoms with Gasteiger partial charge in [0.05, 0.1) is 30.5 Å². The molecule has 2 heterocycles. The Bertz CT molecular complexity index is 1800. The minimum atomic E-state index is -2.82. The summed E-state index contributed by atoms with van der Waals surface area (Å²) in [5.74, 6) is -1.46. The second-order valence-electron chi connectivity index (χ2n) is 19.6. The summed E-state index contributed by atoms with van der Waals surface area (Å²) in [6, 6.07) is 27.9. The van der Waals surface area contributed by atoms with Gasteiger partial charge in [-0.3, -0.25) is 4.79 Å². The van der Waals surface area contributed by atoms with Crippen LogP contribution in [0.1, 0.15) is 111 Å². The molecule has 2 aliphatic rings. The van der Waals surface area contributed by atoms with E-state index in [9.17, 15) is 14.7 Å². The number of benzene rings is 3. The van der Waals surface area contributed by atoms with E-state index in [1.165, 1.54) is 17.3 Å². The predicted molar refractivity (Wildman–Crippen MR) is 240 cm³/mol. The molecule has 0 saturated carbocycles. The normalized spacial score (nSPS) is 24.4. The summed E-state index contributed by atoms with van der Waals surface area (Å²) in [6.45, 7) is 21.8. The van der Waals surface area contributed by atoms with Gasteiger partial charge in [-0.15, -0.1) is 0 Å². The third-order valence-corrected chi connectivity index (χ3v) is 22.1. The maximum absolute atomic E-state index is 13.6. The first-order valence-corrected chi connectivity index (χ1v) is 26.4. The van der Waals surface area contributed by atoms with Crippen molar-refractivity contribution in [2.75, 3.05) is 20.3 Å². The summed E-state index contributed by atoms with van der Waals surface area (Å²) in [5.41, 5.74) is -0.777. The Morgan fingerprint density at radius 1 is 0.817 bits per heavy atom. The molecule has 12 heteroatoms. The fourth-order valence-electron chi connectivity index (χ4n) is 8.71. The number of hydrogen-bond acceptors (Lipinski definition) is 10. The van der Waals surface area contributed by atoms with Gasteiger partial charge in [0.2, 0.25) is 0 Å². The van der Waals surface area contributed by atoms with E-state index in [-0.39, 0.29) is 28.9 Å². The zero-order valence-corrected chi connectivity index (χ0v) is 39.9. The van der Waals surface area contributed by atoms with Crippen molar-refractivity contribution in [1.29, 1.82) is 0 Å². The molecule has 0 unspecified atom stereocenters. The third kappa shape index (κ3) is 12.0. The molecule has 6 atom stereocenters. The molecule has 5 rings (SSSR count). The molecule has 0 amide bonds. The minimum absolute atomic E-state index is 0.0116. The van der Waals surface area contributed by atoms with Gasteiger partial charge in [-0.25, -0.2) is 4.79 Å². The molecule has 10 nitrogen and oxygen atoms in total. The number of hydrogen-bond donors (Lipinski definition) is 1. The Balaban J connectivity index is 1.38. The minimum Gasteiger partial charge on any atom is -0.497 e. The molecular weight excluding hydrogens is 793 g/mol. The largest absolute Gasteiger partial charge is 0.497 e. The highest BCUT2D eigenvalue weighted by molar-refractivity contribution is 6.99. The molecular formula is C48H70O10Si2. The Kier molecular flexibility index (Phi) is 15.4. The highest BCUT2D eigenvalue weighted by atomic mass is 28.4. The molecule has 0 bridgehead atoms. The number of ether oxygens (including phenoxy) is 5. The van der Waals surface area contributed by atoms with Crippen molar-refractivity contribution < 1.29 is 47.2 Å². The van der Waals surface area contributed by atoms with Gasteiger partial charge < -0.3 is 37.6 Å². The van der Waals surface area contributed by atoms with E-state index in [0.717, 1.165) is 0 Å². The van der Waals surface area contributed by atoms with Crippen LogP contribution in [0.25, 0.3) is 0 Å². The summed E-state index contributed by atoms with van der Waals surface area (Å²) in [5, 5.41) is 14.1. The van der Waals surface area contributed by atoms with Gasteiger partial charge in [0.1, 0.15) is 18.0 Å². The lowest BCUT2D eigenvalue weighted by molar-refractivity contribution is -0.352. The first-order chi connectivity index (χ1) is 28.1. The van der Waals surface area contributed by atoms with E-state index in [2.05, 4.69) is 103 Å². The molecule has 0 aromatic heterocycles. The smallest absolute Gasteiger partial charge is 0.338 e. The maximum atomic E-state index is 13.6. The lowest BCUT2D eigenvalue weighted by atomic mass is 9.81. The SMILES string of the molecule is COc1ccc(C(=O)O[C@H](CCO[Si](C)(C)C(C)(C)C)C[C@H]2C[C@](C)(O)C[C@@]3(C[C@@H](OC(C)=O)C[C@H](CCO[Si](c4ccccc4)(c4ccccc4)C(C)(C)C)O3)O2)cc1. The molecule has 0 aliphatic carbocycles. The number of carbonyl (C=O) groups excluding carboxylic acids is 2. The number of esters is 2. The lowest BCUT2D eigenvalue weighted by Gasteiger charge is -2.52. The quantitative estimate of drug-likeness (QED) is 0.111. The van der Waals surface area contributed by atoms with Gasteiger partial charge in [0, 0.05) is 58.7 Å². The van der Waals surface area contributed by atoms with Gasteiger partial charge in [0.15, 0.2) is 14.1 Å². The van der Waals surface area contributed by atoms with Crippen LogP contribution in [0.2, 0.25) is 23.2 Å². The van der Waals surface area contributed by atoms with Gasteiger partial charge in [-0.05, 0) is 71.2 Å². The van der Waals surface area contributed by atoms with E-state index >= 15 is 0 Å². The molecule has 330 valence electrons. The summed E-state index contributed by atoms with van der Waals surface area (Å²) in [6.07, 6.45) is 0.486. The van der Waals surface area contributed by atoms with Crippen LogP contribution in [0.3, 0.4) is 0 Å². The Labute approximate surface area is 360 Å². The summed E-state index contributed by atoms with van der Waals surface area (Å²) in [7, 11) is -3.33. The van der Waals surface area contributed by atoms with E-state index in [1.54, 1.807) is 38.3 Å². The van der Waals surface area contributed by atoms with Crippen LogP contribution in [-0.4, -0.2) is 89.8 Å². The van der Waals surface area contributed by atoms with Crippen molar-refractivity contribution in [3.8, 4) is 5.75 Å². The van der Waals surface area contributed by atoms with Gasteiger partial charge >= 0.3 is 11.9 Å². The average Bonchev–Trinajstić information content (AvgIpc) is 3.15. The maximum Gasteiger partial charge on any atom is 0.338 e. The molecule has 3 aromatic rings. The topological polar surface area (TPSA) is 119 Å². The predicted octanol–water partition coefficient (Wildman–Crippen LogP) is 8.73. The molecule has 60 heavy (non-hydrogen) atoms. The van der Waals surface area contributed by atoms with Crippen LogP contribution in [0.15, 0.2) is 84.9 Å². The van der Waals surface area contributed by atoms with Crippen molar-refractivity contribution in [1.82, 2.24) is 0 Å². The molecule has 3 aromatic carbocycles. The van der Waals surface area contributed by atoms with Crippen LogP contribution in [0.4, 0.5) is 0 Å². The molecule has 2 saturated heterocycles. The summed E-state index contributed by atoms with van der Waals surface area (Å²) in [4.78, 5) is 26.0. The summed E-state index contributed by atoms with van der Waals surface area (Å²) < 4.78 is 45.1. The highest BCUT2D eigenvalue weighted by Crippen LogP contribution is 2.46.